The number of hydrogen-bond donors (Lipinski definition) is 0. The van der Waals surface area contributed by atoms with Crippen molar-refractivity contribution in [1.82, 2.24) is 10.6 Å². The third kappa shape index (κ3) is 13.4. The van der Waals surface area contributed by atoms with Crippen molar-refractivity contribution >= 4 is 11.9 Å². The van der Waals surface area contributed by atoms with Crippen molar-refractivity contribution in [2.24, 2.45) is 0 Å². The number of rotatable bonds is 5. The molecule has 6 heteroatoms. The van der Waals surface area contributed by atoms with Gasteiger partial charge in [0.1, 0.15) is 0 Å². The van der Waals surface area contributed by atoms with Crippen LogP contribution in [-0.2, 0) is 9.59 Å². The molecular weight excluding hydrogens is 188 g/mol. The molecule has 0 unspecified atom stereocenters. The Labute approximate surface area is 83.3 Å². The van der Waals surface area contributed by atoms with Crippen molar-refractivity contribution in [2.75, 3.05) is 26.2 Å². The van der Waals surface area contributed by atoms with Crippen molar-refractivity contribution in [3.8, 4) is 0 Å². The predicted molar refractivity (Wildman–Crippen MR) is 44.8 cm³/mol. The maximum atomic E-state index is 9.98. The molecule has 0 atom stereocenters. The summed E-state index contributed by atoms with van der Waals surface area (Å²) in [4.78, 5) is 21.2. The summed E-state index contributed by atoms with van der Waals surface area (Å²) in [6.07, 6.45) is 0. The predicted octanol–water partition coefficient (Wildman–Crippen LogP) is -3.12. The molecule has 0 fully saturated rings. The molecule has 0 heterocycles. The largest absolute Gasteiger partial charge is 0.549 e. The number of carboxylic acid groups (broad SMARTS) is 2. The van der Waals surface area contributed by atoms with Crippen LogP contribution in [0.2, 0.25) is 0 Å². The minimum atomic E-state index is -1.28. The number of hydrogen-bond acceptors (Lipinski definition) is 5. The van der Waals surface area contributed by atoms with Gasteiger partial charge in [-0.05, 0) is 13.5 Å². The van der Waals surface area contributed by atoms with E-state index in [0.717, 1.165) is 0 Å². The number of carboxylic acids is 2. The van der Waals surface area contributed by atoms with Gasteiger partial charge in [0, 0.05) is 19.6 Å². The Kier molecular flexibility index (Phi) is 10.9. The fourth-order valence-corrected chi connectivity index (χ4v) is 0.645. The molecule has 0 aromatic heterocycles. The van der Waals surface area contributed by atoms with Crippen molar-refractivity contribution in [1.29, 1.82) is 0 Å². The second-order valence-electron chi connectivity index (χ2n) is 2.36. The maximum Gasteiger partial charge on any atom is 0.0555 e. The summed E-state index contributed by atoms with van der Waals surface area (Å²) in [5, 5.41) is 20.0. The quantitative estimate of drug-likeness (QED) is 0.469. The lowest BCUT2D eigenvalue weighted by molar-refractivity contribution is -0.310. The number of aliphatic carboxylic acids is 2. The monoisotopic (exact) mass is 202 g/mol. The van der Waals surface area contributed by atoms with Gasteiger partial charge in [0.05, 0.1) is 11.9 Å². The van der Waals surface area contributed by atoms with Crippen LogP contribution < -0.4 is 15.9 Å². The molecule has 0 N–H and O–H groups in total. The zero-order valence-electron chi connectivity index (χ0n) is 8.36. The topological polar surface area (TPSA) is 106 Å². The number of carbonyl (C=O) groups excluding carboxylic acids is 2. The van der Waals surface area contributed by atoms with E-state index in [1.807, 2.05) is 0 Å². The van der Waals surface area contributed by atoms with Gasteiger partial charge >= 0.3 is 0 Å². The summed E-state index contributed by atoms with van der Waals surface area (Å²) in [5.74, 6) is -2.57. The van der Waals surface area contributed by atoms with Crippen LogP contribution in [0.4, 0.5) is 0 Å². The molecule has 0 bridgehead atoms. The highest BCUT2D eigenvalue weighted by atomic mass is 16.4. The van der Waals surface area contributed by atoms with E-state index >= 15 is 0 Å². The van der Waals surface area contributed by atoms with Gasteiger partial charge in [0.25, 0.3) is 0 Å². The zero-order chi connectivity index (χ0) is 11.6. The normalized spacial score (nSPS) is 9.14. The summed E-state index contributed by atoms with van der Waals surface area (Å²) >= 11 is 0. The minimum absolute atomic E-state index is 0.250. The molecule has 0 saturated heterocycles. The van der Waals surface area contributed by atoms with E-state index in [4.69, 9.17) is 5.73 Å². The van der Waals surface area contributed by atoms with Crippen LogP contribution in [0.3, 0.4) is 0 Å². The van der Waals surface area contributed by atoms with Gasteiger partial charge in [0.15, 0.2) is 0 Å². The van der Waals surface area contributed by atoms with Crippen LogP contribution in [0.25, 0.3) is 0 Å². The molecule has 6 nitrogen and oxygen atoms in total. The Hall–Kier alpha value is -1.14. The SMILES string of the molecule is CCN(CC(=O)[O-])CC(=O)[O-].CC[N]. The molecule has 0 aliphatic heterocycles. The molecule has 2 radical (unpaired) electrons. The Morgan fingerprint density at radius 3 is 1.57 bits per heavy atom. The van der Waals surface area contributed by atoms with Crippen LogP contribution in [0.5, 0.6) is 0 Å². The van der Waals surface area contributed by atoms with E-state index in [1.54, 1.807) is 13.8 Å². The molecule has 0 aromatic rings. The molecule has 0 saturated carbocycles. The van der Waals surface area contributed by atoms with E-state index in [0.29, 0.717) is 6.54 Å². The van der Waals surface area contributed by atoms with Crippen LogP contribution in [0.1, 0.15) is 13.8 Å². The van der Waals surface area contributed by atoms with E-state index in [2.05, 4.69) is 0 Å². The molecule has 0 amide bonds. The highest BCUT2D eigenvalue weighted by molar-refractivity contribution is 5.70. The molecule has 0 rings (SSSR count). The third-order valence-electron chi connectivity index (χ3n) is 1.15. The highest BCUT2D eigenvalue weighted by Crippen LogP contribution is 1.83. The van der Waals surface area contributed by atoms with Crippen LogP contribution in [0.15, 0.2) is 0 Å². The van der Waals surface area contributed by atoms with Crippen LogP contribution in [0, 0.1) is 0 Å². The molecule has 0 aliphatic rings. The average molecular weight is 202 g/mol. The second-order valence-corrected chi connectivity index (χ2v) is 2.36. The number of nitrogens with zero attached hydrogens (tertiary/aromatic N) is 2. The molecule has 14 heavy (non-hydrogen) atoms. The summed E-state index contributed by atoms with van der Waals surface area (Å²) in [6.45, 7) is 3.20. The van der Waals surface area contributed by atoms with Crippen molar-refractivity contribution in [2.45, 2.75) is 13.8 Å². The smallest absolute Gasteiger partial charge is 0.0555 e. The molecule has 0 spiro atoms. The Balaban J connectivity index is 0. The summed E-state index contributed by atoms with van der Waals surface area (Å²) in [6, 6.07) is 0. The summed E-state index contributed by atoms with van der Waals surface area (Å²) in [5.41, 5.74) is 7.57. The van der Waals surface area contributed by atoms with Gasteiger partial charge < -0.3 is 19.8 Å². The average Bonchev–Trinajstić information content (AvgIpc) is 2.02. The van der Waals surface area contributed by atoms with Crippen molar-refractivity contribution in [3.63, 3.8) is 0 Å². The fraction of sp³-hybridized carbons (Fsp3) is 0.750. The van der Waals surface area contributed by atoms with Gasteiger partial charge in [-0.3, -0.25) is 4.90 Å². The highest BCUT2D eigenvalue weighted by Gasteiger charge is 2.01. The lowest BCUT2D eigenvalue weighted by atomic mass is 10.4. The van der Waals surface area contributed by atoms with Gasteiger partial charge in [-0.1, -0.05) is 6.92 Å². The Morgan fingerprint density at radius 1 is 1.14 bits per heavy atom. The Morgan fingerprint density at radius 2 is 1.43 bits per heavy atom. The van der Waals surface area contributed by atoms with Crippen LogP contribution >= 0.6 is 0 Å². The lowest BCUT2D eigenvalue weighted by Crippen LogP contribution is -2.43. The van der Waals surface area contributed by atoms with Gasteiger partial charge in [-0.25, -0.2) is 0 Å². The van der Waals surface area contributed by atoms with Gasteiger partial charge in [-0.15, -0.1) is 5.73 Å². The minimum Gasteiger partial charge on any atom is -0.549 e. The standard InChI is InChI=1S/C6H11NO4.C2H5N/c1-2-7(3-5(8)9)4-6(10)11;1-2-3/h2-4H2,1H3,(H,8,9)(H,10,11);2H2,1H3/p-2. The van der Waals surface area contributed by atoms with Crippen molar-refractivity contribution < 1.29 is 19.8 Å². The first-order chi connectivity index (χ1) is 6.47. The van der Waals surface area contributed by atoms with Gasteiger partial charge in [-0.2, -0.15) is 0 Å². The van der Waals surface area contributed by atoms with E-state index in [1.165, 1.54) is 4.90 Å². The maximum absolute atomic E-state index is 9.98. The summed E-state index contributed by atoms with van der Waals surface area (Å²) in [7, 11) is 0. The van der Waals surface area contributed by atoms with Gasteiger partial charge in [0.2, 0.25) is 0 Å². The second kappa shape index (κ2) is 9.94. The molecule has 0 aliphatic carbocycles. The van der Waals surface area contributed by atoms with E-state index in [9.17, 15) is 19.8 Å². The fourth-order valence-electron chi connectivity index (χ4n) is 0.645. The van der Waals surface area contributed by atoms with E-state index in [-0.39, 0.29) is 19.6 Å². The van der Waals surface area contributed by atoms with Crippen molar-refractivity contribution in [3.05, 3.63) is 0 Å². The molecule has 82 valence electrons. The van der Waals surface area contributed by atoms with Crippen LogP contribution in [-0.4, -0.2) is 43.0 Å². The number of carbonyl (C=O) groups is 2. The zero-order valence-corrected chi connectivity index (χ0v) is 8.36. The van der Waals surface area contributed by atoms with E-state index < -0.39 is 11.9 Å². The molecular formula is C8H14N2O4-2. The first-order valence-corrected chi connectivity index (χ1v) is 4.20. The first kappa shape index (κ1) is 15.3. The Bertz CT molecular complexity index is 157. The summed E-state index contributed by atoms with van der Waals surface area (Å²) < 4.78 is 0. The number of likely N-dealkylation sites (N-methyl/N-ethyl adjacent to an activating group) is 1. The molecule has 0 aromatic carbocycles. The first-order valence-electron chi connectivity index (χ1n) is 4.20. The lowest BCUT2D eigenvalue weighted by Gasteiger charge is -2.20. The third-order valence-corrected chi connectivity index (χ3v) is 1.15.